The lowest BCUT2D eigenvalue weighted by Crippen LogP contribution is -2.48. The number of aliphatic hydroxyl groups excluding tert-OH is 1. The number of hydrogen-bond donors (Lipinski definition) is 1. The van der Waals surface area contributed by atoms with Crippen LogP contribution in [0.2, 0.25) is 0 Å². The highest BCUT2D eigenvalue weighted by Crippen LogP contribution is 2.32. The van der Waals surface area contributed by atoms with Crippen LogP contribution < -0.4 is 0 Å². The highest BCUT2D eigenvalue weighted by Gasteiger charge is 2.40. The molecule has 1 aliphatic carbocycles. The van der Waals surface area contributed by atoms with Gasteiger partial charge < -0.3 is 14.6 Å². The third-order valence-corrected chi connectivity index (χ3v) is 2.49. The predicted octanol–water partition coefficient (Wildman–Crippen LogP) is 1.30. The van der Waals surface area contributed by atoms with Crippen molar-refractivity contribution in [3.8, 4) is 0 Å². The summed E-state index contributed by atoms with van der Waals surface area (Å²) in [5, 5.41) is 9.70. The first kappa shape index (κ1) is 9.96. The average Bonchev–Trinajstić information content (AvgIpc) is 2.10. The van der Waals surface area contributed by atoms with Crippen LogP contribution >= 0.6 is 0 Å². The van der Waals surface area contributed by atoms with Crippen molar-refractivity contribution in [3.63, 3.8) is 0 Å². The molecule has 0 aromatic heterocycles. The maximum absolute atomic E-state index is 9.70. The van der Waals surface area contributed by atoms with E-state index >= 15 is 0 Å². The molecule has 3 heteroatoms. The predicted molar refractivity (Wildman–Crippen MR) is 45.8 cm³/mol. The molecule has 12 heavy (non-hydrogen) atoms. The van der Waals surface area contributed by atoms with Crippen LogP contribution in [0.4, 0.5) is 0 Å². The van der Waals surface area contributed by atoms with Gasteiger partial charge in [0.05, 0.1) is 0 Å². The van der Waals surface area contributed by atoms with Crippen LogP contribution in [0, 0.1) is 0 Å². The summed E-state index contributed by atoms with van der Waals surface area (Å²) in [5.74, 6) is -0.715. The van der Waals surface area contributed by atoms with Crippen molar-refractivity contribution < 1.29 is 14.6 Å². The Hall–Kier alpha value is -0.120. The van der Waals surface area contributed by atoms with E-state index in [9.17, 15) is 5.11 Å². The topological polar surface area (TPSA) is 38.7 Å². The van der Waals surface area contributed by atoms with Crippen LogP contribution in [0.15, 0.2) is 0 Å². The van der Waals surface area contributed by atoms with E-state index in [-0.39, 0.29) is 0 Å². The molecule has 0 aromatic carbocycles. The Kier molecular flexibility index (Phi) is 3.50. The van der Waals surface area contributed by atoms with Crippen molar-refractivity contribution in [2.24, 2.45) is 0 Å². The van der Waals surface area contributed by atoms with Gasteiger partial charge >= 0.3 is 0 Å². The largest absolute Gasteiger partial charge is 0.388 e. The number of aliphatic hydroxyl groups is 1. The van der Waals surface area contributed by atoms with Gasteiger partial charge in [0, 0.05) is 20.1 Å². The van der Waals surface area contributed by atoms with Crippen LogP contribution in [0.1, 0.15) is 32.6 Å². The van der Waals surface area contributed by atoms with Gasteiger partial charge in [-0.05, 0) is 19.8 Å². The molecule has 0 amide bonds. The minimum absolute atomic E-state index is 0.462. The van der Waals surface area contributed by atoms with E-state index < -0.39 is 11.9 Å². The molecular weight excluding hydrogens is 156 g/mol. The van der Waals surface area contributed by atoms with Gasteiger partial charge in [0.2, 0.25) is 0 Å². The Morgan fingerprint density at radius 2 is 2.25 bits per heavy atom. The van der Waals surface area contributed by atoms with Crippen molar-refractivity contribution in [1.29, 1.82) is 0 Å². The smallest absolute Gasteiger partial charge is 0.194 e. The average molecular weight is 174 g/mol. The summed E-state index contributed by atoms with van der Waals surface area (Å²) in [6.45, 7) is 2.51. The zero-order valence-corrected chi connectivity index (χ0v) is 7.88. The van der Waals surface area contributed by atoms with Gasteiger partial charge in [-0.15, -0.1) is 0 Å². The molecule has 1 aliphatic rings. The maximum atomic E-state index is 9.70. The molecule has 3 nitrogen and oxygen atoms in total. The third kappa shape index (κ3) is 1.79. The number of methoxy groups -OCH3 is 1. The Morgan fingerprint density at radius 1 is 1.50 bits per heavy atom. The van der Waals surface area contributed by atoms with Gasteiger partial charge in [-0.2, -0.15) is 0 Å². The van der Waals surface area contributed by atoms with Gasteiger partial charge in [0.1, 0.15) is 6.10 Å². The van der Waals surface area contributed by atoms with Crippen LogP contribution in [-0.4, -0.2) is 30.7 Å². The molecule has 0 aromatic rings. The molecule has 0 unspecified atom stereocenters. The SMILES string of the molecule is CCO[C@]1(OC)CCCC[C@H]1O. The van der Waals surface area contributed by atoms with E-state index in [1.807, 2.05) is 6.92 Å². The summed E-state index contributed by atoms with van der Waals surface area (Å²) < 4.78 is 10.7. The van der Waals surface area contributed by atoms with E-state index in [2.05, 4.69) is 0 Å². The quantitative estimate of drug-likeness (QED) is 0.655. The first-order chi connectivity index (χ1) is 5.75. The lowest BCUT2D eigenvalue weighted by atomic mass is 9.91. The summed E-state index contributed by atoms with van der Waals surface area (Å²) in [7, 11) is 1.60. The molecule has 0 saturated heterocycles. The van der Waals surface area contributed by atoms with E-state index in [0.29, 0.717) is 6.61 Å². The highest BCUT2D eigenvalue weighted by atomic mass is 16.7. The zero-order chi connectivity index (χ0) is 9.03. The Bertz CT molecular complexity index is 134. The molecule has 0 aliphatic heterocycles. The summed E-state index contributed by atoms with van der Waals surface area (Å²) in [5.41, 5.74) is 0. The fourth-order valence-corrected chi connectivity index (χ4v) is 1.81. The van der Waals surface area contributed by atoms with Gasteiger partial charge in [0.15, 0.2) is 5.79 Å². The normalized spacial score (nSPS) is 36.8. The van der Waals surface area contributed by atoms with Crippen LogP contribution in [0.5, 0.6) is 0 Å². The monoisotopic (exact) mass is 174 g/mol. The lowest BCUT2D eigenvalue weighted by Gasteiger charge is -2.39. The molecule has 0 spiro atoms. The number of hydrogen-bond acceptors (Lipinski definition) is 3. The molecular formula is C9H18O3. The van der Waals surface area contributed by atoms with E-state index in [1.54, 1.807) is 7.11 Å². The summed E-state index contributed by atoms with van der Waals surface area (Å²) >= 11 is 0. The Balaban J connectivity index is 2.60. The highest BCUT2D eigenvalue weighted by molar-refractivity contribution is 4.83. The van der Waals surface area contributed by atoms with E-state index in [4.69, 9.17) is 9.47 Å². The molecule has 72 valence electrons. The van der Waals surface area contributed by atoms with Gasteiger partial charge in [0.25, 0.3) is 0 Å². The number of ether oxygens (including phenoxy) is 2. The Morgan fingerprint density at radius 3 is 2.75 bits per heavy atom. The van der Waals surface area contributed by atoms with E-state index in [0.717, 1.165) is 25.7 Å². The summed E-state index contributed by atoms with van der Waals surface area (Å²) in [6.07, 6.45) is 3.27. The van der Waals surface area contributed by atoms with Crippen molar-refractivity contribution in [2.75, 3.05) is 13.7 Å². The van der Waals surface area contributed by atoms with Crippen molar-refractivity contribution in [3.05, 3.63) is 0 Å². The summed E-state index contributed by atoms with van der Waals surface area (Å²) in [6, 6.07) is 0. The standard InChI is InChI=1S/C9H18O3/c1-3-12-9(11-2)7-5-4-6-8(9)10/h8,10H,3-7H2,1-2H3/t8-,9-/m1/s1. The van der Waals surface area contributed by atoms with E-state index in [1.165, 1.54) is 0 Å². The number of rotatable bonds is 3. The van der Waals surface area contributed by atoms with Gasteiger partial charge in [-0.25, -0.2) is 0 Å². The second-order valence-corrected chi connectivity index (χ2v) is 3.21. The zero-order valence-electron chi connectivity index (χ0n) is 7.88. The second kappa shape index (κ2) is 4.21. The third-order valence-electron chi connectivity index (χ3n) is 2.49. The fourth-order valence-electron chi connectivity index (χ4n) is 1.81. The molecule has 2 atom stereocenters. The van der Waals surface area contributed by atoms with Gasteiger partial charge in [-0.3, -0.25) is 0 Å². The first-order valence-electron chi connectivity index (χ1n) is 4.62. The first-order valence-corrected chi connectivity index (χ1v) is 4.62. The molecule has 1 N–H and O–H groups in total. The van der Waals surface area contributed by atoms with Crippen LogP contribution in [0.25, 0.3) is 0 Å². The molecule has 1 fully saturated rings. The van der Waals surface area contributed by atoms with Gasteiger partial charge in [-0.1, -0.05) is 6.42 Å². The summed E-state index contributed by atoms with van der Waals surface area (Å²) in [4.78, 5) is 0. The second-order valence-electron chi connectivity index (χ2n) is 3.21. The van der Waals surface area contributed by atoms with Crippen LogP contribution in [0.3, 0.4) is 0 Å². The molecule has 0 heterocycles. The van der Waals surface area contributed by atoms with Crippen molar-refractivity contribution in [2.45, 2.75) is 44.5 Å². The lowest BCUT2D eigenvalue weighted by molar-refractivity contribution is -0.282. The minimum Gasteiger partial charge on any atom is -0.388 e. The molecule has 1 saturated carbocycles. The maximum Gasteiger partial charge on any atom is 0.194 e. The Labute approximate surface area is 73.7 Å². The molecule has 1 rings (SSSR count). The van der Waals surface area contributed by atoms with Crippen LogP contribution in [-0.2, 0) is 9.47 Å². The fraction of sp³-hybridized carbons (Fsp3) is 1.00. The minimum atomic E-state index is -0.715. The molecule has 0 radical (unpaired) electrons. The molecule has 0 bridgehead atoms. The van der Waals surface area contributed by atoms with Crippen molar-refractivity contribution in [1.82, 2.24) is 0 Å². The van der Waals surface area contributed by atoms with Crippen molar-refractivity contribution >= 4 is 0 Å².